The SMILES string of the molecule is CC(NC(=O)C1CC(=O)N(c2ccc3c(c2)OCCO3)C1)c1cccs1. The maximum atomic E-state index is 12.6. The molecule has 0 spiro atoms. The fraction of sp³-hybridized carbons (Fsp3) is 0.368. The lowest BCUT2D eigenvalue weighted by Crippen LogP contribution is -2.34. The molecule has 1 N–H and O–H groups in total. The number of anilines is 1. The number of amides is 2. The van der Waals surface area contributed by atoms with Crippen LogP contribution in [0.5, 0.6) is 11.5 Å². The van der Waals surface area contributed by atoms with Gasteiger partial charge >= 0.3 is 0 Å². The van der Waals surface area contributed by atoms with Crippen molar-refractivity contribution < 1.29 is 19.1 Å². The fourth-order valence-corrected chi connectivity index (χ4v) is 4.01. The molecule has 26 heavy (non-hydrogen) atoms. The lowest BCUT2D eigenvalue weighted by molar-refractivity contribution is -0.126. The standard InChI is InChI=1S/C19H20N2O4S/c1-12(17-3-2-8-26-17)20-19(23)13-9-18(22)21(11-13)14-4-5-15-16(10-14)25-7-6-24-15/h2-5,8,10,12-13H,6-7,9,11H2,1H3,(H,20,23). The van der Waals surface area contributed by atoms with Gasteiger partial charge in [0.15, 0.2) is 11.5 Å². The fourth-order valence-electron chi connectivity index (χ4n) is 3.27. The molecule has 3 heterocycles. The van der Waals surface area contributed by atoms with Crippen LogP contribution in [0.15, 0.2) is 35.7 Å². The van der Waals surface area contributed by atoms with Crippen LogP contribution in [0.1, 0.15) is 24.3 Å². The van der Waals surface area contributed by atoms with E-state index in [1.165, 1.54) is 0 Å². The number of hydrogen-bond donors (Lipinski definition) is 1. The molecule has 0 radical (unpaired) electrons. The normalized spacial score (nSPS) is 20.1. The molecule has 1 aromatic heterocycles. The molecule has 2 amide bonds. The van der Waals surface area contributed by atoms with Crippen LogP contribution < -0.4 is 19.7 Å². The molecule has 0 saturated carbocycles. The Morgan fingerprint density at radius 3 is 2.85 bits per heavy atom. The summed E-state index contributed by atoms with van der Waals surface area (Å²) in [7, 11) is 0. The van der Waals surface area contributed by atoms with Gasteiger partial charge in [0, 0.05) is 29.6 Å². The van der Waals surface area contributed by atoms with Crippen LogP contribution in [0.25, 0.3) is 0 Å². The first-order chi connectivity index (χ1) is 12.6. The zero-order chi connectivity index (χ0) is 18.1. The van der Waals surface area contributed by atoms with E-state index in [1.54, 1.807) is 22.3 Å². The molecule has 136 valence electrons. The van der Waals surface area contributed by atoms with Crippen molar-refractivity contribution in [3.63, 3.8) is 0 Å². The molecule has 2 atom stereocenters. The van der Waals surface area contributed by atoms with Crippen molar-refractivity contribution in [1.82, 2.24) is 5.32 Å². The van der Waals surface area contributed by atoms with E-state index < -0.39 is 0 Å². The number of carbonyl (C=O) groups excluding carboxylic acids is 2. The van der Waals surface area contributed by atoms with Gasteiger partial charge in [-0.05, 0) is 30.5 Å². The molecule has 0 bridgehead atoms. The molecule has 6 nitrogen and oxygen atoms in total. The van der Waals surface area contributed by atoms with E-state index in [2.05, 4.69) is 5.32 Å². The average molecular weight is 372 g/mol. The number of carbonyl (C=O) groups is 2. The zero-order valence-corrected chi connectivity index (χ0v) is 15.3. The summed E-state index contributed by atoms with van der Waals surface area (Å²) in [6.45, 7) is 3.36. The van der Waals surface area contributed by atoms with Crippen molar-refractivity contribution >= 4 is 28.8 Å². The summed E-state index contributed by atoms with van der Waals surface area (Å²) in [4.78, 5) is 27.8. The highest BCUT2D eigenvalue weighted by Crippen LogP contribution is 2.36. The molecule has 2 unspecified atom stereocenters. The first-order valence-corrected chi connectivity index (χ1v) is 9.53. The van der Waals surface area contributed by atoms with Crippen molar-refractivity contribution in [2.45, 2.75) is 19.4 Å². The van der Waals surface area contributed by atoms with Crippen LogP contribution in [0.2, 0.25) is 0 Å². The van der Waals surface area contributed by atoms with Crippen LogP contribution >= 0.6 is 11.3 Å². The Morgan fingerprint density at radius 1 is 1.27 bits per heavy atom. The Bertz CT molecular complexity index is 821. The first-order valence-electron chi connectivity index (χ1n) is 8.65. The van der Waals surface area contributed by atoms with E-state index in [0.29, 0.717) is 31.3 Å². The number of nitrogens with one attached hydrogen (secondary N) is 1. The summed E-state index contributed by atoms with van der Waals surface area (Å²) < 4.78 is 11.1. The topological polar surface area (TPSA) is 67.9 Å². The second-order valence-electron chi connectivity index (χ2n) is 6.48. The molecule has 2 aromatic rings. The van der Waals surface area contributed by atoms with Crippen molar-refractivity contribution in [1.29, 1.82) is 0 Å². The quantitative estimate of drug-likeness (QED) is 0.896. The van der Waals surface area contributed by atoms with Crippen LogP contribution in [0.3, 0.4) is 0 Å². The van der Waals surface area contributed by atoms with Crippen molar-refractivity contribution in [2.24, 2.45) is 5.92 Å². The minimum absolute atomic E-state index is 0.0504. The van der Waals surface area contributed by atoms with E-state index in [4.69, 9.17) is 9.47 Å². The second-order valence-corrected chi connectivity index (χ2v) is 7.46. The monoisotopic (exact) mass is 372 g/mol. The van der Waals surface area contributed by atoms with Gasteiger partial charge in [-0.1, -0.05) is 6.07 Å². The highest BCUT2D eigenvalue weighted by molar-refractivity contribution is 7.10. The van der Waals surface area contributed by atoms with Gasteiger partial charge in [-0.2, -0.15) is 0 Å². The summed E-state index contributed by atoms with van der Waals surface area (Å²) in [5.41, 5.74) is 0.737. The number of hydrogen-bond acceptors (Lipinski definition) is 5. The summed E-state index contributed by atoms with van der Waals surface area (Å²) in [5, 5.41) is 5.00. The zero-order valence-electron chi connectivity index (χ0n) is 14.4. The Hall–Kier alpha value is -2.54. The first kappa shape index (κ1) is 16.9. The van der Waals surface area contributed by atoms with Gasteiger partial charge in [-0.25, -0.2) is 0 Å². The second kappa shape index (κ2) is 6.99. The molecule has 7 heteroatoms. The molecule has 2 aliphatic heterocycles. The van der Waals surface area contributed by atoms with Gasteiger partial charge < -0.3 is 19.7 Å². The van der Waals surface area contributed by atoms with E-state index in [-0.39, 0.29) is 30.2 Å². The number of thiophene rings is 1. The van der Waals surface area contributed by atoms with E-state index in [1.807, 2.05) is 36.6 Å². The van der Waals surface area contributed by atoms with Crippen LogP contribution in [0.4, 0.5) is 5.69 Å². The largest absolute Gasteiger partial charge is 0.486 e. The Labute approximate surface area is 155 Å². The summed E-state index contributed by atoms with van der Waals surface area (Å²) >= 11 is 1.61. The molecule has 2 aliphatic rings. The molecule has 1 aromatic carbocycles. The molecule has 1 fully saturated rings. The van der Waals surface area contributed by atoms with Gasteiger partial charge in [0.05, 0.1) is 12.0 Å². The minimum Gasteiger partial charge on any atom is -0.486 e. The third-order valence-electron chi connectivity index (χ3n) is 4.66. The predicted octanol–water partition coefficient (Wildman–Crippen LogP) is 2.75. The maximum absolute atomic E-state index is 12.6. The minimum atomic E-state index is -0.349. The van der Waals surface area contributed by atoms with Crippen LogP contribution in [-0.2, 0) is 9.59 Å². The van der Waals surface area contributed by atoms with Gasteiger partial charge in [-0.15, -0.1) is 11.3 Å². The Kier molecular flexibility index (Phi) is 4.55. The number of fused-ring (bicyclic) bond motifs is 1. The molecular formula is C19H20N2O4S. The van der Waals surface area contributed by atoms with Crippen molar-refractivity contribution in [3.05, 3.63) is 40.6 Å². The molecule has 4 rings (SSSR count). The smallest absolute Gasteiger partial charge is 0.227 e. The summed E-state index contributed by atoms with van der Waals surface area (Å²) in [5.74, 6) is 0.842. The summed E-state index contributed by atoms with van der Waals surface area (Å²) in [6, 6.07) is 9.35. The van der Waals surface area contributed by atoms with Gasteiger partial charge in [0.25, 0.3) is 0 Å². The highest BCUT2D eigenvalue weighted by Gasteiger charge is 2.36. The number of rotatable bonds is 4. The Balaban J connectivity index is 1.44. The van der Waals surface area contributed by atoms with Gasteiger partial charge in [0.1, 0.15) is 13.2 Å². The van der Waals surface area contributed by atoms with Crippen LogP contribution in [-0.4, -0.2) is 31.6 Å². The molecule has 0 aliphatic carbocycles. The third-order valence-corrected chi connectivity index (χ3v) is 5.72. The lowest BCUT2D eigenvalue weighted by Gasteiger charge is -2.22. The molecule has 1 saturated heterocycles. The number of benzene rings is 1. The highest BCUT2D eigenvalue weighted by atomic mass is 32.1. The number of ether oxygens (including phenoxy) is 2. The van der Waals surface area contributed by atoms with E-state index in [9.17, 15) is 9.59 Å². The van der Waals surface area contributed by atoms with E-state index >= 15 is 0 Å². The summed E-state index contributed by atoms with van der Waals surface area (Å²) in [6.07, 6.45) is 0.220. The lowest BCUT2D eigenvalue weighted by atomic mass is 10.1. The Morgan fingerprint density at radius 2 is 2.08 bits per heavy atom. The van der Waals surface area contributed by atoms with Gasteiger partial charge in [0.2, 0.25) is 11.8 Å². The van der Waals surface area contributed by atoms with Crippen LogP contribution in [0, 0.1) is 5.92 Å². The van der Waals surface area contributed by atoms with Crippen molar-refractivity contribution in [3.8, 4) is 11.5 Å². The third kappa shape index (κ3) is 3.26. The van der Waals surface area contributed by atoms with E-state index in [0.717, 1.165) is 10.6 Å². The van der Waals surface area contributed by atoms with Crippen molar-refractivity contribution in [2.75, 3.05) is 24.7 Å². The number of nitrogens with zero attached hydrogens (tertiary/aromatic N) is 1. The predicted molar refractivity (Wildman–Crippen MR) is 98.8 cm³/mol. The average Bonchev–Trinajstić information content (AvgIpc) is 3.31. The maximum Gasteiger partial charge on any atom is 0.227 e. The molecular weight excluding hydrogens is 352 g/mol. The van der Waals surface area contributed by atoms with Gasteiger partial charge in [-0.3, -0.25) is 9.59 Å².